The van der Waals surface area contributed by atoms with Crippen LogP contribution < -0.4 is 0 Å². The van der Waals surface area contributed by atoms with Gasteiger partial charge in [0.25, 0.3) is 0 Å². The van der Waals surface area contributed by atoms with Crippen LogP contribution in [0.5, 0.6) is 0 Å². The zero-order valence-corrected chi connectivity index (χ0v) is 8.31. The summed E-state index contributed by atoms with van der Waals surface area (Å²) in [6.45, 7) is 1.31. The molecule has 0 saturated heterocycles. The fourth-order valence-corrected chi connectivity index (χ4v) is 1.20. The Balaban J connectivity index is 2.85. The molecule has 0 aliphatic heterocycles. The molecular weight excluding hydrogens is 210 g/mol. The molecule has 0 saturated carbocycles. The second-order valence-electron chi connectivity index (χ2n) is 3.02. The zero-order valence-electron chi connectivity index (χ0n) is 7.56. The van der Waals surface area contributed by atoms with Gasteiger partial charge >= 0.3 is 0 Å². The van der Waals surface area contributed by atoms with E-state index in [-0.39, 0.29) is 17.8 Å². The summed E-state index contributed by atoms with van der Waals surface area (Å²) in [5, 5.41) is -0.800. The SMILES string of the molecule is CC(=O)C(Cl)Cc1cc(F)ccc1F. The number of hydrogen-bond donors (Lipinski definition) is 0. The van der Waals surface area contributed by atoms with Gasteiger partial charge in [-0.05, 0) is 37.1 Å². The second-order valence-corrected chi connectivity index (χ2v) is 3.54. The molecule has 0 aromatic heterocycles. The molecule has 0 aliphatic rings. The number of carbonyl (C=O) groups is 1. The fourth-order valence-electron chi connectivity index (χ4n) is 1.04. The van der Waals surface area contributed by atoms with E-state index in [1.807, 2.05) is 0 Å². The number of Topliss-reactive ketones (excluding diaryl/α,β-unsaturated/α-hetero) is 1. The van der Waals surface area contributed by atoms with Gasteiger partial charge in [-0.25, -0.2) is 8.78 Å². The minimum absolute atomic E-state index is 0.0144. The van der Waals surface area contributed by atoms with Gasteiger partial charge in [0.05, 0.1) is 5.38 Å². The van der Waals surface area contributed by atoms with Crippen molar-refractivity contribution in [2.75, 3.05) is 0 Å². The molecular formula is C10H9ClF2O. The Hall–Kier alpha value is -0.960. The molecule has 76 valence electrons. The molecule has 0 amide bonds. The van der Waals surface area contributed by atoms with Crippen molar-refractivity contribution in [2.24, 2.45) is 0 Å². The summed E-state index contributed by atoms with van der Waals surface area (Å²) in [6, 6.07) is 3.10. The van der Waals surface area contributed by atoms with Gasteiger partial charge in [0.15, 0.2) is 0 Å². The largest absolute Gasteiger partial charge is 0.298 e. The minimum atomic E-state index is -0.800. The van der Waals surface area contributed by atoms with Crippen LogP contribution in [0.1, 0.15) is 12.5 Å². The molecule has 0 radical (unpaired) electrons. The van der Waals surface area contributed by atoms with Gasteiger partial charge in [-0.3, -0.25) is 4.79 Å². The van der Waals surface area contributed by atoms with Crippen molar-refractivity contribution in [3.05, 3.63) is 35.4 Å². The van der Waals surface area contributed by atoms with Crippen molar-refractivity contribution in [2.45, 2.75) is 18.7 Å². The Morgan fingerprint density at radius 3 is 2.71 bits per heavy atom. The molecule has 14 heavy (non-hydrogen) atoms. The lowest BCUT2D eigenvalue weighted by molar-refractivity contribution is -0.116. The first kappa shape index (κ1) is 11.1. The van der Waals surface area contributed by atoms with E-state index >= 15 is 0 Å². The summed E-state index contributed by atoms with van der Waals surface area (Å²) in [6.07, 6.45) is 0.0144. The lowest BCUT2D eigenvalue weighted by Gasteiger charge is -2.06. The summed E-state index contributed by atoms with van der Waals surface area (Å²) >= 11 is 5.64. The first-order valence-corrected chi connectivity index (χ1v) is 4.53. The van der Waals surface area contributed by atoms with Crippen molar-refractivity contribution in [1.29, 1.82) is 0 Å². The zero-order chi connectivity index (χ0) is 10.7. The Kier molecular flexibility index (Phi) is 3.58. The first-order chi connectivity index (χ1) is 6.50. The van der Waals surface area contributed by atoms with Gasteiger partial charge < -0.3 is 0 Å². The average Bonchev–Trinajstić information content (AvgIpc) is 2.11. The predicted molar refractivity (Wildman–Crippen MR) is 50.4 cm³/mol. The molecule has 1 unspecified atom stereocenters. The van der Waals surface area contributed by atoms with E-state index in [0.717, 1.165) is 18.2 Å². The summed E-state index contributed by atoms with van der Waals surface area (Å²) in [4.78, 5) is 10.8. The van der Waals surface area contributed by atoms with Crippen LogP contribution in [0.4, 0.5) is 8.78 Å². The molecule has 0 fully saturated rings. The van der Waals surface area contributed by atoms with Gasteiger partial charge in [0, 0.05) is 0 Å². The molecule has 0 heterocycles. The Labute approximate surface area is 85.7 Å². The van der Waals surface area contributed by atoms with E-state index in [1.54, 1.807) is 0 Å². The van der Waals surface area contributed by atoms with Crippen LogP contribution in [0.15, 0.2) is 18.2 Å². The fraction of sp³-hybridized carbons (Fsp3) is 0.300. The number of carbonyl (C=O) groups excluding carboxylic acids is 1. The van der Waals surface area contributed by atoms with Crippen molar-refractivity contribution < 1.29 is 13.6 Å². The molecule has 1 nitrogen and oxygen atoms in total. The number of hydrogen-bond acceptors (Lipinski definition) is 1. The highest BCUT2D eigenvalue weighted by molar-refractivity contribution is 6.30. The van der Waals surface area contributed by atoms with Crippen LogP contribution in [0, 0.1) is 11.6 Å². The highest BCUT2D eigenvalue weighted by atomic mass is 35.5. The number of halogens is 3. The normalized spacial score (nSPS) is 12.6. The summed E-state index contributed by atoms with van der Waals surface area (Å²) < 4.78 is 25.8. The maximum absolute atomic E-state index is 13.1. The van der Waals surface area contributed by atoms with Gasteiger partial charge in [-0.15, -0.1) is 11.6 Å². The quantitative estimate of drug-likeness (QED) is 0.713. The number of benzene rings is 1. The first-order valence-electron chi connectivity index (χ1n) is 4.09. The Bertz CT molecular complexity index is 352. The third-order valence-corrected chi connectivity index (χ3v) is 2.31. The second kappa shape index (κ2) is 4.51. The molecule has 1 rings (SSSR count). The molecule has 0 aliphatic carbocycles. The highest BCUT2D eigenvalue weighted by Gasteiger charge is 2.14. The number of ketones is 1. The Morgan fingerprint density at radius 2 is 2.14 bits per heavy atom. The van der Waals surface area contributed by atoms with Gasteiger partial charge in [0.2, 0.25) is 0 Å². The van der Waals surface area contributed by atoms with E-state index < -0.39 is 17.0 Å². The molecule has 4 heteroatoms. The van der Waals surface area contributed by atoms with Crippen LogP contribution in [0.3, 0.4) is 0 Å². The van der Waals surface area contributed by atoms with E-state index in [9.17, 15) is 13.6 Å². The predicted octanol–water partition coefficient (Wildman–Crippen LogP) is 2.70. The van der Waals surface area contributed by atoms with Crippen LogP contribution in [0.25, 0.3) is 0 Å². The monoisotopic (exact) mass is 218 g/mol. The summed E-state index contributed by atoms with van der Waals surface area (Å²) in [5.74, 6) is -1.33. The minimum Gasteiger partial charge on any atom is -0.298 e. The van der Waals surface area contributed by atoms with Crippen molar-refractivity contribution in [3.8, 4) is 0 Å². The lowest BCUT2D eigenvalue weighted by Crippen LogP contribution is -2.14. The number of alkyl halides is 1. The molecule has 1 aromatic carbocycles. The van der Waals surface area contributed by atoms with E-state index in [4.69, 9.17) is 11.6 Å². The maximum atomic E-state index is 13.1. The third kappa shape index (κ3) is 2.77. The van der Waals surface area contributed by atoms with Gasteiger partial charge in [-0.1, -0.05) is 0 Å². The topological polar surface area (TPSA) is 17.1 Å². The Morgan fingerprint density at radius 1 is 1.50 bits per heavy atom. The van der Waals surface area contributed by atoms with E-state index in [1.165, 1.54) is 6.92 Å². The van der Waals surface area contributed by atoms with Crippen molar-refractivity contribution in [1.82, 2.24) is 0 Å². The standard InChI is InChI=1S/C10H9ClF2O/c1-6(14)9(11)5-7-4-8(12)2-3-10(7)13/h2-4,9H,5H2,1H3. The highest BCUT2D eigenvalue weighted by Crippen LogP contribution is 2.14. The molecule has 1 atom stereocenters. The molecule has 0 N–H and O–H groups in total. The van der Waals surface area contributed by atoms with Crippen LogP contribution in [0.2, 0.25) is 0 Å². The lowest BCUT2D eigenvalue weighted by atomic mass is 10.1. The van der Waals surface area contributed by atoms with Crippen LogP contribution in [-0.4, -0.2) is 11.2 Å². The van der Waals surface area contributed by atoms with Gasteiger partial charge in [0.1, 0.15) is 17.4 Å². The molecule has 0 bridgehead atoms. The van der Waals surface area contributed by atoms with Gasteiger partial charge in [-0.2, -0.15) is 0 Å². The van der Waals surface area contributed by atoms with Crippen molar-refractivity contribution >= 4 is 17.4 Å². The van der Waals surface area contributed by atoms with Crippen LogP contribution >= 0.6 is 11.6 Å². The maximum Gasteiger partial charge on any atom is 0.147 e. The van der Waals surface area contributed by atoms with Crippen molar-refractivity contribution in [3.63, 3.8) is 0 Å². The smallest absolute Gasteiger partial charge is 0.147 e. The van der Waals surface area contributed by atoms with Crippen LogP contribution in [-0.2, 0) is 11.2 Å². The summed E-state index contributed by atoms with van der Waals surface area (Å²) in [5.41, 5.74) is 0.125. The number of rotatable bonds is 3. The summed E-state index contributed by atoms with van der Waals surface area (Å²) in [7, 11) is 0. The van der Waals surface area contributed by atoms with E-state index in [2.05, 4.69) is 0 Å². The molecule has 0 spiro atoms. The third-order valence-electron chi connectivity index (χ3n) is 1.85. The van der Waals surface area contributed by atoms with E-state index in [0.29, 0.717) is 0 Å². The molecule has 1 aromatic rings. The average molecular weight is 219 g/mol.